The van der Waals surface area contributed by atoms with Gasteiger partial charge in [-0.15, -0.1) is 23.5 Å². The van der Waals surface area contributed by atoms with Gasteiger partial charge in [-0.25, -0.2) is 9.97 Å². The number of carbonyl (C=O) groups excluding carboxylic acids is 2. The maximum atomic E-state index is 13.0. The van der Waals surface area contributed by atoms with Crippen molar-refractivity contribution in [2.75, 3.05) is 23.8 Å². The Kier molecular flexibility index (Phi) is 16.9. The van der Waals surface area contributed by atoms with Crippen molar-refractivity contribution in [2.24, 2.45) is 11.8 Å². The van der Waals surface area contributed by atoms with Crippen LogP contribution in [0.3, 0.4) is 0 Å². The Hall–Kier alpha value is -3.25. The molecule has 0 spiro atoms. The van der Waals surface area contributed by atoms with Crippen LogP contribution in [0, 0.1) is 11.8 Å². The first-order chi connectivity index (χ1) is 33.4. The number of anilines is 2. The minimum absolute atomic E-state index is 0.0191. The zero-order valence-electron chi connectivity index (χ0n) is 46.5. The third kappa shape index (κ3) is 11.7. The van der Waals surface area contributed by atoms with Gasteiger partial charge in [-0.3, -0.25) is 48.9 Å². The van der Waals surface area contributed by atoms with Gasteiger partial charge in [0, 0.05) is 21.9 Å². The lowest BCUT2D eigenvalue weighted by molar-refractivity contribution is -0.119. The van der Waals surface area contributed by atoms with E-state index in [9.17, 15) is 29.4 Å². The van der Waals surface area contributed by atoms with Crippen LogP contribution in [0.15, 0.2) is 22.2 Å². The van der Waals surface area contributed by atoms with E-state index >= 15 is 0 Å². The summed E-state index contributed by atoms with van der Waals surface area (Å²) in [5.74, 6) is -0.902. The number of aromatic nitrogens is 8. The van der Waals surface area contributed by atoms with E-state index in [0.29, 0.717) is 12.3 Å². The first-order valence-electron chi connectivity index (χ1n) is 25.2. The molecule has 3 aliphatic rings. The second-order valence-electron chi connectivity index (χ2n) is 25.3. The molecule has 4 aromatic heterocycles. The number of amides is 2. The van der Waals surface area contributed by atoms with Gasteiger partial charge in [-0.2, -0.15) is 9.97 Å². The number of fused-ring (bicyclic) bond motifs is 3. The molecule has 73 heavy (non-hydrogen) atoms. The fraction of sp³-hybridized carbons (Fsp3) is 0.750. The summed E-state index contributed by atoms with van der Waals surface area (Å²) in [5.41, 5.74) is 0.155. The highest BCUT2D eigenvalue weighted by atomic mass is 32.2. The molecular formula is C48H82N10O10S2Si3. The Labute approximate surface area is 441 Å². The fourth-order valence-corrected chi connectivity index (χ4v) is 19.7. The molecule has 3 saturated heterocycles. The number of aliphatic hydroxyl groups excluding tert-OH is 2. The number of nitrogens with zero attached hydrogens (tertiary/aromatic N) is 6. The molecule has 4 aromatic rings. The van der Waals surface area contributed by atoms with Crippen LogP contribution >= 0.6 is 23.5 Å². The highest BCUT2D eigenvalue weighted by molar-refractivity contribution is 8.00. The van der Waals surface area contributed by atoms with E-state index in [1.165, 1.54) is 18.1 Å². The van der Waals surface area contributed by atoms with Gasteiger partial charge in [0.2, 0.25) is 23.7 Å². The van der Waals surface area contributed by atoms with Gasteiger partial charge in [0.15, 0.2) is 39.0 Å². The van der Waals surface area contributed by atoms with Gasteiger partial charge in [-0.05, 0) is 36.3 Å². The van der Waals surface area contributed by atoms with Gasteiger partial charge in [-0.1, -0.05) is 111 Å². The third-order valence-electron chi connectivity index (χ3n) is 14.9. The van der Waals surface area contributed by atoms with E-state index in [-0.39, 0.29) is 102 Å². The Morgan fingerprint density at radius 3 is 1.55 bits per heavy atom. The lowest BCUT2D eigenvalue weighted by Gasteiger charge is -2.54. The minimum atomic E-state index is -2.77. The number of aliphatic hydroxyl groups is 2. The van der Waals surface area contributed by atoms with Crippen molar-refractivity contribution in [3.8, 4) is 0 Å². The summed E-state index contributed by atoms with van der Waals surface area (Å²) in [5, 5.41) is 24.6. The van der Waals surface area contributed by atoms with E-state index in [2.05, 4.69) is 150 Å². The van der Waals surface area contributed by atoms with Crippen molar-refractivity contribution in [2.45, 2.75) is 203 Å². The van der Waals surface area contributed by atoms with Crippen molar-refractivity contribution in [3.05, 3.63) is 33.4 Å². The summed E-state index contributed by atoms with van der Waals surface area (Å²) in [7, 11) is -7.30. The van der Waals surface area contributed by atoms with Crippen LogP contribution in [0.5, 0.6) is 0 Å². The zero-order valence-corrected chi connectivity index (χ0v) is 51.1. The van der Waals surface area contributed by atoms with Gasteiger partial charge in [0.1, 0.15) is 23.0 Å². The molecule has 408 valence electrons. The molecular weight excluding hydrogens is 1020 g/mol. The van der Waals surface area contributed by atoms with Crippen molar-refractivity contribution in [1.29, 1.82) is 0 Å². The summed E-state index contributed by atoms with van der Waals surface area (Å²) in [4.78, 5) is 73.0. The topological polar surface area (TPSA) is 263 Å². The van der Waals surface area contributed by atoms with Crippen LogP contribution in [0.2, 0.25) is 46.3 Å². The summed E-state index contributed by atoms with van der Waals surface area (Å²) in [6.07, 6.45) is 1.13. The molecule has 25 heteroatoms. The van der Waals surface area contributed by atoms with Crippen molar-refractivity contribution >= 4 is 94.8 Å². The number of hydrogen-bond acceptors (Lipinski definition) is 16. The van der Waals surface area contributed by atoms with E-state index in [1.54, 1.807) is 50.4 Å². The number of imidazole rings is 2. The van der Waals surface area contributed by atoms with Crippen molar-refractivity contribution in [1.82, 2.24) is 39.0 Å². The van der Waals surface area contributed by atoms with Gasteiger partial charge in [0.05, 0.1) is 48.6 Å². The van der Waals surface area contributed by atoms with Gasteiger partial charge >= 0.3 is 8.56 Å². The maximum Gasteiger partial charge on any atom is 0.349 e. The smallest absolute Gasteiger partial charge is 0.349 e. The number of hydrogen-bond donors (Lipinski definition) is 6. The summed E-state index contributed by atoms with van der Waals surface area (Å²) in [6, 6.07) is 0. The normalized spacial score (nSPS) is 25.0. The van der Waals surface area contributed by atoms with Gasteiger partial charge in [0.25, 0.3) is 11.1 Å². The molecule has 0 radical (unpaired) electrons. The van der Waals surface area contributed by atoms with Crippen molar-refractivity contribution in [3.63, 3.8) is 0 Å². The minimum Gasteiger partial charge on any atom is -0.408 e. The largest absolute Gasteiger partial charge is 0.408 e. The lowest BCUT2D eigenvalue weighted by Crippen LogP contribution is -2.65. The second-order valence-corrected chi connectivity index (χ2v) is 42.3. The Morgan fingerprint density at radius 2 is 1.16 bits per heavy atom. The number of nitrogens with one attached hydrogen (secondary N) is 4. The lowest BCUT2D eigenvalue weighted by atomic mass is 10.1. The second kappa shape index (κ2) is 20.9. The predicted molar refractivity (Wildman–Crippen MR) is 297 cm³/mol. The van der Waals surface area contributed by atoms with Crippen LogP contribution in [-0.4, -0.2) is 134 Å². The molecule has 3 fully saturated rings. The van der Waals surface area contributed by atoms with Gasteiger partial charge < -0.3 is 27.9 Å². The van der Waals surface area contributed by atoms with E-state index in [4.69, 9.17) is 17.7 Å². The molecule has 6 N–H and O–H groups in total. The number of rotatable bonds is 11. The average Bonchev–Trinajstić information content (AvgIpc) is 4.02. The standard InChI is InChI=1S/C28H49N5O5SSi2.C20H33N5O5SSi/c1-16(2)22(34)31-25-30-21-18(23(35)32-25)29-15-33(21)24-20(37-40(12,13)26(3,4)5)19-17(39-24)14-36-41(38-19,27(6,7)8)28(9,10)11;1-10(2)16(28)23-19-22-15-12(17(29)24-19)21-9-25(15)18-14(13(27)11(8-26)31-18)30-32(6,7)20(3,4)5/h15-17,19-20,24H,14H2,1-13H3,(H2,30,31,32,34,35);9-11,13-14,18,26-27H,8H2,1-7H3,(H2,22,23,24,28,29)/t17-,19-,20?,24-;11-,13-,14?,18-/m11/s1. The van der Waals surface area contributed by atoms with Crippen LogP contribution < -0.4 is 21.8 Å². The SMILES string of the molecule is CC(C)C(=O)Nc1nc2c(ncn2[C@@H]2S[C@@H]3CO[Si](C(C)(C)C)(C(C)(C)C)O[C@H]3C2O[Si](C)(C)C(C)(C)C)c(=O)[nH]1.CC(C)C(=O)Nc1nc2c(ncn2[C@@H]2S[C@H](CO)[C@@H](O)C2O[Si](C)(C)C(C)(C)C)c(=O)[nH]1. The van der Waals surface area contributed by atoms with E-state index in [1.807, 2.05) is 4.57 Å². The van der Waals surface area contributed by atoms with E-state index < -0.39 is 59.1 Å². The molecule has 2 unspecified atom stereocenters. The van der Waals surface area contributed by atoms with E-state index in [0.717, 1.165) is 0 Å². The number of thioether (sulfide) groups is 2. The van der Waals surface area contributed by atoms with Crippen LogP contribution in [0.1, 0.15) is 122 Å². The first-order valence-corrected chi connectivity index (χ1v) is 34.7. The molecule has 20 nitrogen and oxygen atoms in total. The first kappa shape index (κ1) is 59.0. The van der Waals surface area contributed by atoms with Crippen LogP contribution in [-0.2, 0) is 27.3 Å². The molecule has 0 saturated carbocycles. The highest BCUT2D eigenvalue weighted by Gasteiger charge is 2.65. The fourth-order valence-electron chi connectivity index (χ4n) is 8.79. The third-order valence-corrected chi connectivity index (χ3v) is 32.1. The highest BCUT2D eigenvalue weighted by Crippen LogP contribution is 2.59. The van der Waals surface area contributed by atoms with Crippen LogP contribution in [0.4, 0.5) is 11.9 Å². The van der Waals surface area contributed by atoms with Crippen LogP contribution in [0.25, 0.3) is 22.3 Å². The molecule has 2 amide bonds. The Balaban J connectivity index is 0.000000246. The number of carbonyl (C=O) groups is 2. The Bertz CT molecular complexity index is 2760. The molecule has 3 aliphatic heterocycles. The quantitative estimate of drug-likeness (QED) is 0.0772. The molecule has 8 atom stereocenters. The number of H-pyrrole nitrogens is 2. The summed E-state index contributed by atoms with van der Waals surface area (Å²) >= 11 is 3.09. The molecule has 7 rings (SSSR count). The average molecular weight is 1110 g/mol. The molecule has 0 aromatic carbocycles. The monoisotopic (exact) mass is 1110 g/mol. The molecule has 0 bridgehead atoms. The predicted octanol–water partition coefficient (Wildman–Crippen LogP) is 8.25. The zero-order chi connectivity index (χ0) is 54.9. The maximum absolute atomic E-state index is 13.0. The Morgan fingerprint density at radius 1 is 0.753 bits per heavy atom. The molecule has 0 aliphatic carbocycles. The summed E-state index contributed by atoms with van der Waals surface area (Å²) < 4.78 is 31.5. The number of aromatic amines is 2. The molecule has 7 heterocycles. The summed E-state index contributed by atoms with van der Waals surface area (Å²) in [6.45, 7) is 42.5. The van der Waals surface area contributed by atoms with Crippen molar-refractivity contribution < 1.29 is 37.5 Å².